The van der Waals surface area contributed by atoms with Gasteiger partial charge in [-0.1, -0.05) is 30.3 Å². The second-order valence-corrected chi connectivity index (χ2v) is 4.77. The van der Waals surface area contributed by atoms with Crippen LogP contribution in [0.2, 0.25) is 0 Å². The Morgan fingerprint density at radius 3 is 2.95 bits per heavy atom. The third-order valence-corrected chi connectivity index (χ3v) is 3.57. The van der Waals surface area contributed by atoms with Gasteiger partial charge in [0.25, 0.3) is 0 Å². The van der Waals surface area contributed by atoms with Crippen LogP contribution in [0.4, 0.5) is 0 Å². The lowest BCUT2D eigenvalue weighted by Crippen LogP contribution is -2.25. The van der Waals surface area contributed by atoms with Gasteiger partial charge in [0.1, 0.15) is 6.07 Å². The van der Waals surface area contributed by atoms with Crippen LogP contribution in [-0.2, 0) is 25.9 Å². The number of hydrogen-bond donors (Lipinski definition) is 1. The predicted molar refractivity (Wildman–Crippen MR) is 72.5 cm³/mol. The Hall–Kier alpha value is -2.12. The van der Waals surface area contributed by atoms with Crippen LogP contribution in [0.25, 0.3) is 0 Å². The van der Waals surface area contributed by atoms with E-state index in [0.29, 0.717) is 5.69 Å². The van der Waals surface area contributed by atoms with Crippen molar-refractivity contribution in [1.29, 1.82) is 5.26 Å². The van der Waals surface area contributed by atoms with Gasteiger partial charge in [-0.25, -0.2) is 0 Å². The zero-order valence-corrected chi connectivity index (χ0v) is 10.8. The van der Waals surface area contributed by atoms with Crippen molar-refractivity contribution >= 4 is 0 Å². The van der Waals surface area contributed by atoms with Crippen LogP contribution in [-0.4, -0.2) is 16.3 Å². The number of fused-ring (bicyclic) bond motifs is 1. The largest absolute Gasteiger partial charge is 0.312 e. The number of nitrogens with zero attached hydrogens (tertiary/aromatic N) is 3. The van der Waals surface area contributed by atoms with E-state index in [1.54, 1.807) is 0 Å². The Balaban J connectivity index is 1.82. The molecule has 0 saturated heterocycles. The van der Waals surface area contributed by atoms with Crippen molar-refractivity contribution in [1.82, 2.24) is 15.1 Å². The molecule has 0 unspecified atom stereocenters. The smallest absolute Gasteiger partial charge is 0.167 e. The van der Waals surface area contributed by atoms with Gasteiger partial charge in [0.05, 0.1) is 0 Å². The van der Waals surface area contributed by atoms with E-state index in [1.165, 1.54) is 11.3 Å². The number of aromatic nitrogens is 2. The summed E-state index contributed by atoms with van der Waals surface area (Å²) >= 11 is 0. The average molecular weight is 252 g/mol. The molecule has 0 amide bonds. The van der Waals surface area contributed by atoms with E-state index < -0.39 is 0 Å². The highest BCUT2D eigenvalue weighted by Crippen LogP contribution is 2.18. The highest BCUT2D eigenvalue weighted by atomic mass is 15.3. The van der Waals surface area contributed by atoms with Gasteiger partial charge < -0.3 is 5.32 Å². The fraction of sp³-hybridized carbons (Fsp3) is 0.333. The van der Waals surface area contributed by atoms with E-state index in [0.717, 1.165) is 38.0 Å². The fourth-order valence-electron chi connectivity index (χ4n) is 2.57. The standard InChI is InChI=1S/C15H16N4/c16-10-14-13-11-17-8-6-15(13)19(18-14)9-7-12-4-2-1-3-5-12/h1-5,17H,6-9,11H2. The van der Waals surface area contributed by atoms with Gasteiger partial charge in [-0.05, 0) is 12.0 Å². The lowest BCUT2D eigenvalue weighted by atomic mass is 10.1. The van der Waals surface area contributed by atoms with Crippen molar-refractivity contribution in [3.63, 3.8) is 0 Å². The van der Waals surface area contributed by atoms with Gasteiger partial charge in [0.2, 0.25) is 0 Å². The molecule has 0 spiro atoms. The zero-order chi connectivity index (χ0) is 13.1. The van der Waals surface area contributed by atoms with Crippen molar-refractivity contribution in [2.24, 2.45) is 0 Å². The third-order valence-electron chi connectivity index (χ3n) is 3.57. The molecule has 3 rings (SSSR count). The molecule has 96 valence electrons. The van der Waals surface area contributed by atoms with E-state index in [9.17, 15) is 0 Å². The van der Waals surface area contributed by atoms with Crippen LogP contribution in [0.1, 0.15) is 22.5 Å². The molecule has 4 nitrogen and oxygen atoms in total. The first-order valence-electron chi connectivity index (χ1n) is 6.62. The molecule has 1 aromatic heterocycles. The third kappa shape index (κ3) is 2.38. The summed E-state index contributed by atoms with van der Waals surface area (Å²) in [6.45, 7) is 2.58. The lowest BCUT2D eigenvalue weighted by molar-refractivity contribution is 0.550. The summed E-state index contributed by atoms with van der Waals surface area (Å²) in [5.74, 6) is 0. The van der Waals surface area contributed by atoms with E-state index in [4.69, 9.17) is 5.26 Å². The topological polar surface area (TPSA) is 53.6 Å². The molecular weight excluding hydrogens is 236 g/mol. The first-order valence-corrected chi connectivity index (χ1v) is 6.62. The second kappa shape index (κ2) is 5.25. The maximum atomic E-state index is 9.14. The van der Waals surface area contributed by atoms with Crippen LogP contribution in [0.5, 0.6) is 0 Å². The van der Waals surface area contributed by atoms with Crippen molar-refractivity contribution in [3.05, 3.63) is 52.8 Å². The molecule has 0 aliphatic carbocycles. The summed E-state index contributed by atoms with van der Waals surface area (Å²) < 4.78 is 2.02. The summed E-state index contributed by atoms with van der Waals surface area (Å²) in [7, 11) is 0. The van der Waals surface area contributed by atoms with Crippen LogP contribution >= 0.6 is 0 Å². The zero-order valence-electron chi connectivity index (χ0n) is 10.8. The molecule has 0 bridgehead atoms. The Morgan fingerprint density at radius 1 is 1.32 bits per heavy atom. The number of rotatable bonds is 3. The van der Waals surface area contributed by atoms with Crippen LogP contribution in [0.3, 0.4) is 0 Å². The highest BCUT2D eigenvalue weighted by molar-refractivity contribution is 5.36. The van der Waals surface area contributed by atoms with Gasteiger partial charge in [0.15, 0.2) is 5.69 Å². The highest BCUT2D eigenvalue weighted by Gasteiger charge is 2.19. The fourth-order valence-corrected chi connectivity index (χ4v) is 2.57. The molecule has 0 radical (unpaired) electrons. The van der Waals surface area contributed by atoms with Crippen molar-refractivity contribution in [2.45, 2.75) is 25.9 Å². The van der Waals surface area contributed by atoms with Crippen LogP contribution in [0.15, 0.2) is 30.3 Å². The molecule has 2 heterocycles. The number of aryl methyl sites for hydroxylation is 2. The first-order chi connectivity index (χ1) is 9.38. The van der Waals surface area contributed by atoms with Crippen LogP contribution in [0, 0.1) is 11.3 Å². The number of benzene rings is 1. The monoisotopic (exact) mass is 252 g/mol. The summed E-state index contributed by atoms with van der Waals surface area (Å²) in [4.78, 5) is 0. The molecule has 2 aromatic rings. The molecule has 0 saturated carbocycles. The number of hydrogen-bond acceptors (Lipinski definition) is 3. The summed E-state index contributed by atoms with van der Waals surface area (Å²) in [5, 5.41) is 16.9. The van der Waals surface area contributed by atoms with Gasteiger partial charge >= 0.3 is 0 Å². The van der Waals surface area contributed by atoms with Gasteiger partial charge in [0, 0.05) is 37.3 Å². The maximum absolute atomic E-state index is 9.14. The molecule has 0 atom stereocenters. The Labute approximate surface area is 112 Å². The van der Waals surface area contributed by atoms with Crippen molar-refractivity contribution in [2.75, 3.05) is 6.54 Å². The molecule has 1 aliphatic rings. The molecule has 1 N–H and O–H groups in total. The Kier molecular flexibility index (Phi) is 3.30. The number of nitrogens with one attached hydrogen (secondary N) is 1. The Morgan fingerprint density at radius 2 is 2.16 bits per heavy atom. The quantitative estimate of drug-likeness (QED) is 0.903. The summed E-state index contributed by atoms with van der Waals surface area (Å²) in [5.41, 5.74) is 4.20. The lowest BCUT2D eigenvalue weighted by Gasteiger charge is -2.15. The van der Waals surface area contributed by atoms with E-state index in [-0.39, 0.29) is 0 Å². The maximum Gasteiger partial charge on any atom is 0.167 e. The predicted octanol–water partition coefficient (Wildman–Crippen LogP) is 1.64. The Bertz CT molecular complexity index is 607. The minimum atomic E-state index is 0.579. The second-order valence-electron chi connectivity index (χ2n) is 4.77. The molecule has 1 aromatic carbocycles. The minimum absolute atomic E-state index is 0.579. The molecular formula is C15H16N4. The van der Waals surface area contributed by atoms with E-state index >= 15 is 0 Å². The average Bonchev–Trinajstić information content (AvgIpc) is 2.84. The van der Waals surface area contributed by atoms with Crippen LogP contribution < -0.4 is 5.32 Å². The molecule has 0 fully saturated rings. The number of nitriles is 1. The minimum Gasteiger partial charge on any atom is -0.312 e. The van der Waals surface area contributed by atoms with Gasteiger partial charge in [-0.15, -0.1) is 0 Å². The van der Waals surface area contributed by atoms with Gasteiger partial charge in [-0.3, -0.25) is 4.68 Å². The summed E-state index contributed by atoms with van der Waals surface area (Å²) in [6, 6.07) is 12.6. The normalized spacial score (nSPS) is 13.8. The molecule has 19 heavy (non-hydrogen) atoms. The SMILES string of the molecule is N#Cc1nn(CCc2ccccc2)c2c1CNCC2. The summed E-state index contributed by atoms with van der Waals surface area (Å²) in [6.07, 6.45) is 1.91. The van der Waals surface area contributed by atoms with Gasteiger partial charge in [-0.2, -0.15) is 10.4 Å². The van der Waals surface area contributed by atoms with E-state index in [1.807, 2.05) is 10.7 Å². The molecule has 1 aliphatic heterocycles. The first kappa shape index (κ1) is 11.9. The van der Waals surface area contributed by atoms with E-state index in [2.05, 4.69) is 40.8 Å². The van der Waals surface area contributed by atoms with Crippen molar-refractivity contribution < 1.29 is 0 Å². The molecule has 4 heteroatoms. The van der Waals surface area contributed by atoms with Crippen molar-refractivity contribution in [3.8, 4) is 6.07 Å².